The van der Waals surface area contributed by atoms with Crippen molar-refractivity contribution in [2.75, 3.05) is 6.61 Å². The van der Waals surface area contributed by atoms with Gasteiger partial charge in [-0.15, -0.1) is 0 Å². The third-order valence-electron chi connectivity index (χ3n) is 5.05. The van der Waals surface area contributed by atoms with Crippen LogP contribution in [0.1, 0.15) is 111 Å². The fraction of sp³-hybridized carbons (Fsp3) is 1.00. The first-order valence-corrected chi connectivity index (χ1v) is 18.1. The topological polar surface area (TPSA) is 9.23 Å². The van der Waals surface area contributed by atoms with Crippen molar-refractivity contribution in [3.05, 3.63) is 0 Å². The summed E-state index contributed by atoms with van der Waals surface area (Å²) in [6, 6.07) is 0. The fourth-order valence-electron chi connectivity index (χ4n) is 3.72. The predicted octanol–water partition coefficient (Wildman–Crippen LogP) is 8.10. The molecule has 2 heteroatoms. The van der Waals surface area contributed by atoms with Crippen LogP contribution >= 0.6 is 0 Å². The van der Waals surface area contributed by atoms with Gasteiger partial charge in [0.05, 0.1) is 0 Å². The SMILES string of the molecule is CCCCCCC[CH2][Sn]([CH2]CC)([CH2]CC)[O]CCCCCCC. The summed E-state index contributed by atoms with van der Waals surface area (Å²) < 4.78 is 11.2. The molecule has 0 spiro atoms. The van der Waals surface area contributed by atoms with Crippen LogP contribution in [0.4, 0.5) is 0 Å². The molecule has 0 aromatic carbocycles. The zero-order valence-corrected chi connectivity index (χ0v) is 19.8. The first-order valence-electron chi connectivity index (χ1n) is 10.9. The molecule has 0 aromatic rings. The molecule has 0 fully saturated rings. The van der Waals surface area contributed by atoms with Crippen LogP contribution < -0.4 is 0 Å². The first kappa shape index (κ1) is 23.8. The molecule has 0 bridgehead atoms. The third-order valence-corrected chi connectivity index (χ3v) is 19.0. The quantitative estimate of drug-likeness (QED) is 0.157. The second kappa shape index (κ2) is 17.6. The van der Waals surface area contributed by atoms with E-state index in [0.717, 1.165) is 6.61 Å². The standard InChI is InChI=1S/C8H17.C7H15O.2C3H7.Sn/c1-3-5-7-8-6-4-2;1-2-3-4-5-6-7-8;2*1-3-2;/h1,3-8H2,2H3;2-7H2,1H3;2*1,3H2,2H3;/q;-1;;;+1. The van der Waals surface area contributed by atoms with Gasteiger partial charge in [0.25, 0.3) is 0 Å². The average Bonchev–Trinajstić information content (AvgIpc) is 2.54. The molecule has 140 valence electrons. The second-order valence-electron chi connectivity index (χ2n) is 7.46. The van der Waals surface area contributed by atoms with Crippen LogP contribution in [-0.4, -0.2) is 25.4 Å². The Morgan fingerprint density at radius 3 is 1.48 bits per heavy atom. The zero-order chi connectivity index (χ0) is 17.2. The Balaban J connectivity index is 4.11. The summed E-state index contributed by atoms with van der Waals surface area (Å²) in [4.78, 5) is 0. The van der Waals surface area contributed by atoms with Gasteiger partial charge in [-0.25, -0.2) is 0 Å². The van der Waals surface area contributed by atoms with Crippen LogP contribution in [0.2, 0.25) is 13.3 Å². The fourth-order valence-corrected chi connectivity index (χ4v) is 16.5. The van der Waals surface area contributed by atoms with Gasteiger partial charge in [0.1, 0.15) is 0 Å². The van der Waals surface area contributed by atoms with Gasteiger partial charge in [-0.1, -0.05) is 0 Å². The van der Waals surface area contributed by atoms with Crippen molar-refractivity contribution in [3.63, 3.8) is 0 Å². The maximum atomic E-state index is 6.73. The predicted molar refractivity (Wildman–Crippen MR) is 109 cm³/mol. The van der Waals surface area contributed by atoms with Crippen LogP contribution in [0.25, 0.3) is 0 Å². The van der Waals surface area contributed by atoms with Crippen molar-refractivity contribution in [2.24, 2.45) is 0 Å². The minimum absolute atomic E-state index is 1.08. The van der Waals surface area contributed by atoms with E-state index in [2.05, 4.69) is 27.7 Å². The monoisotopic (exact) mass is 434 g/mol. The molecule has 0 atom stereocenters. The van der Waals surface area contributed by atoms with Gasteiger partial charge in [0.2, 0.25) is 0 Å². The Morgan fingerprint density at radius 1 is 0.478 bits per heavy atom. The van der Waals surface area contributed by atoms with E-state index in [0.29, 0.717) is 0 Å². The van der Waals surface area contributed by atoms with Crippen LogP contribution in [0.3, 0.4) is 0 Å². The molecular formula is C21H46OSn. The van der Waals surface area contributed by atoms with Gasteiger partial charge in [-0.2, -0.15) is 0 Å². The maximum absolute atomic E-state index is 6.73. The molecule has 0 amide bonds. The average molecular weight is 433 g/mol. The molecule has 0 saturated carbocycles. The van der Waals surface area contributed by atoms with Crippen molar-refractivity contribution in [2.45, 2.75) is 124 Å². The van der Waals surface area contributed by atoms with E-state index in [1.807, 2.05) is 0 Å². The Bertz CT molecular complexity index is 206. The van der Waals surface area contributed by atoms with Crippen molar-refractivity contribution in [1.82, 2.24) is 0 Å². The number of hydrogen-bond acceptors (Lipinski definition) is 1. The summed E-state index contributed by atoms with van der Waals surface area (Å²) in [5, 5.41) is 0. The number of hydrogen-bond donors (Lipinski definition) is 0. The molecule has 0 heterocycles. The summed E-state index contributed by atoms with van der Waals surface area (Å²) in [6.45, 7) is 10.4. The second-order valence-corrected chi connectivity index (χ2v) is 19.3. The van der Waals surface area contributed by atoms with E-state index in [4.69, 9.17) is 3.07 Å². The third kappa shape index (κ3) is 13.7. The summed E-state index contributed by atoms with van der Waals surface area (Å²) in [5.41, 5.74) is 0. The van der Waals surface area contributed by atoms with Gasteiger partial charge in [-0.3, -0.25) is 0 Å². The van der Waals surface area contributed by atoms with Crippen molar-refractivity contribution < 1.29 is 3.07 Å². The van der Waals surface area contributed by atoms with Gasteiger partial charge < -0.3 is 0 Å². The van der Waals surface area contributed by atoms with Crippen LogP contribution in [0.15, 0.2) is 0 Å². The van der Waals surface area contributed by atoms with Crippen LogP contribution in [0.5, 0.6) is 0 Å². The summed E-state index contributed by atoms with van der Waals surface area (Å²) >= 11 is -2.27. The van der Waals surface area contributed by atoms with Gasteiger partial charge in [0.15, 0.2) is 0 Å². The summed E-state index contributed by atoms with van der Waals surface area (Å²) in [7, 11) is 0. The van der Waals surface area contributed by atoms with Gasteiger partial charge in [-0.05, 0) is 0 Å². The molecule has 0 aromatic heterocycles. The molecule has 0 N–H and O–H groups in total. The Morgan fingerprint density at radius 2 is 0.957 bits per heavy atom. The van der Waals surface area contributed by atoms with Gasteiger partial charge in [0, 0.05) is 0 Å². The number of unbranched alkanes of at least 4 members (excludes halogenated alkanes) is 9. The molecule has 1 nitrogen and oxygen atoms in total. The molecule has 0 aliphatic heterocycles. The van der Waals surface area contributed by atoms with Crippen molar-refractivity contribution in [1.29, 1.82) is 0 Å². The van der Waals surface area contributed by atoms with Crippen LogP contribution in [-0.2, 0) is 3.07 Å². The molecule has 0 saturated heterocycles. The molecule has 0 radical (unpaired) electrons. The van der Waals surface area contributed by atoms with E-state index >= 15 is 0 Å². The molecular weight excluding hydrogens is 387 g/mol. The summed E-state index contributed by atoms with van der Waals surface area (Å²) in [6.07, 6.45) is 18.1. The zero-order valence-electron chi connectivity index (χ0n) is 16.9. The van der Waals surface area contributed by atoms with E-state index in [9.17, 15) is 0 Å². The van der Waals surface area contributed by atoms with Crippen molar-refractivity contribution in [3.8, 4) is 0 Å². The molecule has 0 aliphatic carbocycles. The molecule has 0 unspecified atom stereocenters. The summed E-state index contributed by atoms with van der Waals surface area (Å²) in [5.74, 6) is 0. The minimum atomic E-state index is -2.27. The molecule has 0 rings (SSSR count). The first-order chi connectivity index (χ1) is 11.2. The van der Waals surface area contributed by atoms with E-state index < -0.39 is 18.8 Å². The number of rotatable bonds is 18. The Labute approximate surface area is 152 Å². The Kier molecular flexibility index (Phi) is 18.2. The normalized spacial score (nSPS) is 12.0. The Hall–Kier alpha value is 0.759. The van der Waals surface area contributed by atoms with Gasteiger partial charge >= 0.3 is 153 Å². The van der Waals surface area contributed by atoms with Crippen LogP contribution in [0, 0.1) is 0 Å². The van der Waals surface area contributed by atoms with E-state index in [1.54, 1.807) is 0 Å². The molecule has 0 aliphatic rings. The molecule has 23 heavy (non-hydrogen) atoms. The van der Waals surface area contributed by atoms with E-state index in [1.165, 1.54) is 96.8 Å². The van der Waals surface area contributed by atoms with E-state index in [-0.39, 0.29) is 0 Å². The van der Waals surface area contributed by atoms with Crippen molar-refractivity contribution >= 4 is 18.8 Å².